The largest absolute Gasteiger partial charge is 0.469 e. The van der Waals surface area contributed by atoms with Gasteiger partial charge >= 0.3 is 5.97 Å². The summed E-state index contributed by atoms with van der Waals surface area (Å²) in [6, 6.07) is 0. The highest BCUT2D eigenvalue weighted by Crippen LogP contribution is 2.46. The van der Waals surface area contributed by atoms with Gasteiger partial charge in [0.2, 0.25) is 5.91 Å². The van der Waals surface area contributed by atoms with Gasteiger partial charge in [0.05, 0.1) is 18.4 Å². The Morgan fingerprint density at radius 2 is 1.04 bits per heavy atom. The summed E-state index contributed by atoms with van der Waals surface area (Å²) in [6.07, 6.45) is 19.0. The lowest BCUT2D eigenvalue weighted by atomic mass is 9.65. The monoisotopic (exact) mass is 652 g/mol. The van der Waals surface area contributed by atoms with Crippen molar-refractivity contribution in [1.29, 1.82) is 0 Å². The zero-order valence-electron chi connectivity index (χ0n) is 30.7. The molecule has 6 nitrogen and oxygen atoms in total. The van der Waals surface area contributed by atoms with Crippen LogP contribution in [0.25, 0.3) is 0 Å². The second-order valence-corrected chi connectivity index (χ2v) is 18.7. The number of carbonyl (C=O) groups excluding carboxylic acids is 3. The number of alkyl halides is 1. The van der Waals surface area contributed by atoms with Crippen LogP contribution in [0.4, 0.5) is 0 Å². The number of halogens is 1. The van der Waals surface area contributed by atoms with Crippen LogP contribution in [0, 0.1) is 21.7 Å². The molecule has 0 radical (unpaired) electrons. The number of Topliss-reactive ketones (excluding diaryl/α,β-unsaturated/α-hetero) is 1. The van der Waals surface area contributed by atoms with Crippen molar-refractivity contribution in [3.8, 4) is 0 Å². The van der Waals surface area contributed by atoms with Gasteiger partial charge in [-0.1, -0.05) is 67.5 Å². The molecule has 7 heteroatoms. The molecule has 0 bridgehead atoms. The van der Waals surface area contributed by atoms with E-state index in [0.717, 1.165) is 57.8 Å². The second kappa shape index (κ2) is 16.6. The van der Waals surface area contributed by atoms with E-state index in [2.05, 4.69) is 72.0 Å². The lowest BCUT2D eigenvalue weighted by molar-refractivity contribution is -0.141. The first-order chi connectivity index (χ1) is 20.1. The zero-order valence-corrected chi connectivity index (χ0v) is 31.4. The van der Waals surface area contributed by atoms with E-state index < -0.39 is 0 Å². The number of ether oxygens (including phenoxy) is 1. The molecule has 0 aromatic rings. The first kappa shape index (κ1) is 41.6. The number of rotatable bonds is 2. The van der Waals surface area contributed by atoms with E-state index in [1.165, 1.54) is 64.0 Å². The van der Waals surface area contributed by atoms with Crippen LogP contribution in [-0.4, -0.2) is 35.2 Å². The minimum Gasteiger partial charge on any atom is -0.469 e. The number of methoxy groups -OCH3 is 1. The number of nitrogens with one attached hydrogen (secondary N) is 1. The molecular formula is C38H69ClN2O4. The molecule has 4 saturated carbocycles. The summed E-state index contributed by atoms with van der Waals surface area (Å²) in [4.78, 5) is 32.4. The van der Waals surface area contributed by atoms with Crippen molar-refractivity contribution in [2.75, 3.05) is 7.11 Å². The van der Waals surface area contributed by atoms with Crippen molar-refractivity contribution in [3.05, 3.63) is 12.2 Å². The fourth-order valence-electron chi connectivity index (χ4n) is 6.66. The van der Waals surface area contributed by atoms with Crippen LogP contribution in [0.15, 0.2) is 12.2 Å². The van der Waals surface area contributed by atoms with E-state index in [0.29, 0.717) is 33.9 Å². The minimum atomic E-state index is -0.345. The molecule has 5 fully saturated rings. The molecule has 5 rings (SSSR count). The molecule has 1 heterocycles. The van der Waals surface area contributed by atoms with E-state index in [1.807, 2.05) is 0 Å². The Hall–Kier alpha value is -1.40. The molecule has 0 aromatic carbocycles. The summed E-state index contributed by atoms with van der Waals surface area (Å²) in [6.45, 7) is 22.3. The third-order valence-corrected chi connectivity index (χ3v) is 11.6. The molecule has 5 aliphatic rings. The van der Waals surface area contributed by atoms with Crippen LogP contribution in [0.3, 0.4) is 0 Å². The average molecular weight is 653 g/mol. The Morgan fingerprint density at radius 3 is 1.38 bits per heavy atom. The van der Waals surface area contributed by atoms with Crippen molar-refractivity contribution in [2.45, 2.75) is 181 Å². The molecule has 0 atom stereocenters. The Balaban J connectivity index is 0.000000303. The highest BCUT2D eigenvalue weighted by Gasteiger charge is 2.46. The molecular weight excluding hydrogens is 584 g/mol. The molecule has 0 unspecified atom stereocenters. The summed E-state index contributed by atoms with van der Waals surface area (Å²) < 4.78 is 4.65. The van der Waals surface area contributed by atoms with E-state index in [1.54, 1.807) is 0 Å². The molecule has 1 spiro atoms. The SMILES string of the molecule is C=C1CCC(C)(C)CC1.CC1(C)CCC(=O)CC1.CC1(C)CCC2(CC1)CC(=O)N2.COC(=O)CC1(Cl)CCC(C)(C)CC1.N. The van der Waals surface area contributed by atoms with Gasteiger partial charge < -0.3 is 16.2 Å². The number of ketones is 1. The van der Waals surface area contributed by atoms with Crippen LogP contribution < -0.4 is 11.5 Å². The molecule has 1 aliphatic heterocycles. The third-order valence-electron chi connectivity index (χ3n) is 11.1. The topological polar surface area (TPSA) is 107 Å². The number of β-lactam (4-membered cyclic amide) rings is 1. The van der Waals surface area contributed by atoms with Gasteiger partial charge in [-0.25, -0.2) is 0 Å². The van der Waals surface area contributed by atoms with Gasteiger partial charge in [-0.15, -0.1) is 11.6 Å². The highest BCUT2D eigenvalue weighted by molar-refractivity contribution is 6.25. The van der Waals surface area contributed by atoms with Crippen LogP contribution in [0.1, 0.15) is 171 Å². The van der Waals surface area contributed by atoms with Crippen molar-refractivity contribution in [1.82, 2.24) is 11.5 Å². The van der Waals surface area contributed by atoms with Gasteiger partial charge in [0, 0.05) is 24.8 Å². The zero-order chi connectivity index (χ0) is 33.5. The first-order valence-electron chi connectivity index (χ1n) is 17.3. The Kier molecular flexibility index (Phi) is 15.4. The highest BCUT2D eigenvalue weighted by atomic mass is 35.5. The number of hydrogen-bond acceptors (Lipinski definition) is 5. The molecule has 4 N–H and O–H groups in total. The first-order valence-corrected chi connectivity index (χ1v) is 17.7. The summed E-state index contributed by atoms with van der Waals surface area (Å²) in [5, 5.41) is 3.06. The van der Waals surface area contributed by atoms with Gasteiger partial charge in [0.25, 0.3) is 0 Å². The fraction of sp³-hybridized carbons (Fsp3) is 0.868. The maximum absolute atomic E-state index is 11.1. The van der Waals surface area contributed by atoms with Crippen LogP contribution in [0.2, 0.25) is 0 Å². The van der Waals surface area contributed by atoms with Gasteiger partial charge in [-0.05, 0) is 112 Å². The maximum atomic E-state index is 11.1. The number of esters is 1. The van der Waals surface area contributed by atoms with E-state index in [-0.39, 0.29) is 28.4 Å². The number of hydrogen-bond donors (Lipinski definition) is 2. The van der Waals surface area contributed by atoms with Gasteiger partial charge in [0.15, 0.2) is 0 Å². The lowest BCUT2D eigenvalue weighted by Crippen LogP contribution is -2.62. The molecule has 4 aliphatic carbocycles. The van der Waals surface area contributed by atoms with Crippen molar-refractivity contribution < 1.29 is 19.1 Å². The molecule has 262 valence electrons. The standard InChI is InChI=1S/C11H19ClO2.C10H17NO.C9H16.C8H14O.H3N/c1-10(2)4-6-11(12,7-5-10)8-9(13)14-3;1-9(2)3-5-10(6-4-9)7-8(12)11-10;1-8-4-6-9(2,3)7-5-8;1-8(2)5-3-7(9)4-6-8;/h4-8H2,1-3H3;3-7H2,1-2H3,(H,11,12);1,4-7H2,2-3H3;3-6H2,1-2H3;1H3. The van der Waals surface area contributed by atoms with Gasteiger partial charge in [0.1, 0.15) is 5.78 Å². The lowest BCUT2D eigenvalue weighted by Gasteiger charge is -2.49. The van der Waals surface area contributed by atoms with Crippen LogP contribution >= 0.6 is 11.6 Å². The Labute approximate surface area is 281 Å². The maximum Gasteiger partial charge on any atom is 0.307 e. The van der Waals surface area contributed by atoms with Crippen molar-refractivity contribution in [3.63, 3.8) is 0 Å². The number of allylic oxidation sites excluding steroid dienone is 1. The van der Waals surface area contributed by atoms with E-state index in [4.69, 9.17) is 11.6 Å². The third kappa shape index (κ3) is 15.4. The van der Waals surface area contributed by atoms with Crippen molar-refractivity contribution >= 4 is 29.3 Å². The van der Waals surface area contributed by atoms with E-state index >= 15 is 0 Å². The summed E-state index contributed by atoms with van der Waals surface area (Å²) in [5.41, 5.74) is 3.61. The number of amides is 1. The summed E-state index contributed by atoms with van der Waals surface area (Å²) in [7, 11) is 1.41. The second-order valence-electron chi connectivity index (χ2n) is 17.9. The fourth-order valence-corrected chi connectivity index (χ4v) is 6.96. The summed E-state index contributed by atoms with van der Waals surface area (Å²) in [5.74, 6) is 0.503. The van der Waals surface area contributed by atoms with Crippen molar-refractivity contribution in [2.24, 2.45) is 21.7 Å². The molecule has 0 aromatic heterocycles. The Bertz CT molecular complexity index is 927. The van der Waals surface area contributed by atoms with Crippen LogP contribution in [0.5, 0.6) is 0 Å². The van der Waals surface area contributed by atoms with Gasteiger partial charge in [-0.3, -0.25) is 14.4 Å². The van der Waals surface area contributed by atoms with E-state index in [9.17, 15) is 14.4 Å². The molecule has 45 heavy (non-hydrogen) atoms. The van der Waals surface area contributed by atoms with Gasteiger partial charge in [-0.2, -0.15) is 0 Å². The summed E-state index contributed by atoms with van der Waals surface area (Å²) >= 11 is 6.38. The molecule has 1 amide bonds. The average Bonchev–Trinajstić information content (AvgIpc) is 2.91. The predicted octanol–water partition coefficient (Wildman–Crippen LogP) is 10.4. The minimum absolute atomic E-state index is 0. The quantitative estimate of drug-likeness (QED) is 0.133. The van der Waals surface area contributed by atoms with Crippen LogP contribution in [-0.2, 0) is 19.1 Å². The Morgan fingerprint density at radius 1 is 0.689 bits per heavy atom. The molecule has 1 saturated heterocycles. The number of carbonyl (C=O) groups is 3. The smallest absolute Gasteiger partial charge is 0.307 e. The normalized spacial score (nSPS) is 26.3. The predicted molar refractivity (Wildman–Crippen MR) is 189 cm³/mol.